The van der Waals surface area contributed by atoms with E-state index < -0.39 is 48.9 Å². The number of aryl methyl sites for hydroxylation is 1. The molecule has 0 saturated carbocycles. The van der Waals surface area contributed by atoms with Crippen LogP contribution in [-0.4, -0.2) is 57.2 Å². The third-order valence-corrected chi connectivity index (χ3v) is 6.24. The van der Waals surface area contributed by atoms with E-state index in [9.17, 15) is 23.8 Å². The van der Waals surface area contributed by atoms with Gasteiger partial charge >= 0.3 is 6.36 Å². The minimum Gasteiger partial charge on any atom is -0.403 e. The maximum absolute atomic E-state index is 13.1. The molecule has 15 heteroatoms. The Morgan fingerprint density at radius 1 is 1.21 bits per heavy atom. The van der Waals surface area contributed by atoms with E-state index in [0.717, 1.165) is 16.3 Å². The summed E-state index contributed by atoms with van der Waals surface area (Å²) in [5.74, 6) is -0.500. The number of nitrogens with zero attached hydrogens (tertiary/aromatic N) is 6. The normalized spacial score (nSPS) is 27.3. The van der Waals surface area contributed by atoms with E-state index in [-0.39, 0.29) is 29.0 Å². The Bertz CT molecular complexity index is 1350. The van der Waals surface area contributed by atoms with Gasteiger partial charge in [-0.25, -0.2) is 9.67 Å². The molecule has 38 heavy (non-hydrogen) atoms. The average Bonchev–Trinajstić information content (AvgIpc) is 3.27. The fraction of sp³-hybridized carbons (Fsp3) is 0.391. The highest BCUT2D eigenvalue weighted by atomic mass is 35.5. The van der Waals surface area contributed by atoms with Gasteiger partial charge < -0.3 is 24.1 Å². The van der Waals surface area contributed by atoms with Crippen molar-refractivity contribution in [3.63, 3.8) is 0 Å². The molecular weight excluding hydrogens is 533 g/mol. The lowest BCUT2D eigenvalue weighted by Gasteiger charge is -2.46. The van der Waals surface area contributed by atoms with E-state index in [1.165, 1.54) is 19.1 Å². The predicted octanol–water partition coefficient (Wildman–Crippen LogP) is 4.72. The molecule has 4 unspecified atom stereocenters. The molecule has 6 atom stereocenters. The summed E-state index contributed by atoms with van der Waals surface area (Å²) in [6.07, 6.45) is -10.3. The molecule has 200 valence electrons. The van der Waals surface area contributed by atoms with Crippen molar-refractivity contribution in [1.29, 1.82) is 0 Å². The SMILES string of the molecule is Cc1nc([C@@H]2OC3COC(c4ccccc4)O[C@@H]3C(N=[N+]=[N-])C2O)n(-c2cc(Cl)ccc2OC(F)(F)F)n1. The molecule has 2 aliphatic heterocycles. The Labute approximate surface area is 218 Å². The molecule has 1 aromatic heterocycles. The maximum Gasteiger partial charge on any atom is 0.573 e. The lowest BCUT2D eigenvalue weighted by Crippen LogP contribution is -2.58. The molecule has 3 heterocycles. The summed E-state index contributed by atoms with van der Waals surface area (Å²) in [5, 5.41) is 19.3. The van der Waals surface area contributed by atoms with Crippen molar-refractivity contribution in [2.24, 2.45) is 5.11 Å². The van der Waals surface area contributed by atoms with Crippen LogP contribution in [0.3, 0.4) is 0 Å². The summed E-state index contributed by atoms with van der Waals surface area (Å²) in [7, 11) is 0. The van der Waals surface area contributed by atoms with Crippen LogP contribution in [0.5, 0.6) is 5.75 Å². The van der Waals surface area contributed by atoms with Gasteiger partial charge in [-0.2, -0.15) is 5.10 Å². The second kappa shape index (κ2) is 10.4. The van der Waals surface area contributed by atoms with Gasteiger partial charge in [-0.3, -0.25) is 0 Å². The largest absolute Gasteiger partial charge is 0.573 e. The van der Waals surface area contributed by atoms with Gasteiger partial charge in [0.05, 0.1) is 18.8 Å². The van der Waals surface area contributed by atoms with Crippen LogP contribution in [0.25, 0.3) is 16.1 Å². The Morgan fingerprint density at radius 2 is 1.97 bits per heavy atom. The van der Waals surface area contributed by atoms with Crippen LogP contribution in [0.2, 0.25) is 5.02 Å². The zero-order chi connectivity index (χ0) is 27.0. The fourth-order valence-corrected chi connectivity index (χ4v) is 4.62. The first-order valence-corrected chi connectivity index (χ1v) is 11.7. The lowest BCUT2D eigenvalue weighted by molar-refractivity contribution is -0.309. The number of ether oxygens (including phenoxy) is 4. The van der Waals surface area contributed by atoms with Crippen molar-refractivity contribution in [2.75, 3.05) is 6.61 Å². The van der Waals surface area contributed by atoms with E-state index in [1.54, 1.807) is 12.1 Å². The number of fused-ring (bicyclic) bond motifs is 1. The summed E-state index contributed by atoms with van der Waals surface area (Å²) in [5.41, 5.74) is 9.75. The minimum absolute atomic E-state index is 0.0115. The molecule has 2 saturated heterocycles. The van der Waals surface area contributed by atoms with Crippen molar-refractivity contribution < 1.29 is 37.2 Å². The van der Waals surface area contributed by atoms with Crippen LogP contribution in [0.1, 0.15) is 29.6 Å². The molecule has 11 nitrogen and oxygen atoms in total. The van der Waals surface area contributed by atoms with Crippen molar-refractivity contribution in [1.82, 2.24) is 14.8 Å². The number of benzene rings is 2. The topological polar surface area (TPSA) is 137 Å². The zero-order valence-electron chi connectivity index (χ0n) is 19.6. The molecule has 2 aliphatic rings. The van der Waals surface area contributed by atoms with E-state index >= 15 is 0 Å². The molecule has 0 radical (unpaired) electrons. The van der Waals surface area contributed by atoms with Crippen LogP contribution >= 0.6 is 11.6 Å². The van der Waals surface area contributed by atoms with E-state index in [0.29, 0.717) is 0 Å². The number of aromatic nitrogens is 3. The van der Waals surface area contributed by atoms with Crippen LogP contribution in [0, 0.1) is 6.92 Å². The average molecular weight is 553 g/mol. The van der Waals surface area contributed by atoms with Gasteiger partial charge in [0.1, 0.15) is 29.8 Å². The molecule has 2 fully saturated rings. The standard InChI is InChI=1S/C23H20ClF3N6O5/c1-11-29-21(33(31-11)14-9-13(24)7-8-15(14)38-23(25,26)27)20-18(34)17(30-32-28)19-16(36-20)10-35-22(37-19)12-5-3-2-4-6-12/h2-9,16-20,22,34H,10H2,1H3/t16?,17?,18?,19-,20+,22?/m0/s1. The first kappa shape index (κ1) is 26.2. The molecule has 0 spiro atoms. The van der Waals surface area contributed by atoms with Crippen molar-refractivity contribution in [3.8, 4) is 11.4 Å². The van der Waals surface area contributed by atoms with Gasteiger partial charge in [0.25, 0.3) is 0 Å². The summed E-state index contributed by atoms with van der Waals surface area (Å²) < 4.78 is 62.4. The van der Waals surface area contributed by atoms with Crippen LogP contribution in [0.15, 0.2) is 53.6 Å². The molecular formula is C23H20ClF3N6O5. The van der Waals surface area contributed by atoms with Gasteiger partial charge in [0, 0.05) is 15.5 Å². The summed E-state index contributed by atoms with van der Waals surface area (Å²) in [4.78, 5) is 7.16. The highest BCUT2D eigenvalue weighted by Gasteiger charge is 2.51. The second-order valence-corrected chi connectivity index (χ2v) is 8.98. The van der Waals surface area contributed by atoms with Gasteiger partial charge in [0.2, 0.25) is 0 Å². The lowest BCUT2D eigenvalue weighted by atomic mass is 9.91. The molecule has 0 amide bonds. The third-order valence-electron chi connectivity index (χ3n) is 6.00. The molecule has 0 aliphatic carbocycles. The summed E-state index contributed by atoms with van der Waals surface area (Å²) >= 11 is 6.06. The van der Waals surface area contributed by atoms with Crippen LogP contribution in [0.4, 0.5) is 13.2 Å². The minimum atomic E-state index is -4.99. The monoisotopic (exact) mass is 552 g/mol. The number of hydrogen-bond acceptors (Lipinski definition) is 8. The number of aliphatic hydroxyl groups is 1. The molecule has 2 aromatic carbocycles. The van der Waals surface area contributed by atoms with Crippen molar-refractivity contribution in [3.05, 3.63) is 81.2 Å². The Balaban J connectivity index is 1.51. The number of azide groups is 1. The summed E-state index contributed by atoms with van der Waals surface area (Å²) in [6.45, 7) is 1.52. The fourth-order valence-electron chi connectivity index (χ4n) is 4.46. The molecule has 5 rings (SSSR count). The Morgan fingerprint density at radius 3 is 2.68 bits per heavy atom. The summed E-state index contributed by atoms with van der Waals surface area (Å²) in [6, 6.07) is 11.4. The van der Waals surface area contributed by atoms with Gasteiger partial charge in [-0.15, -0.1) is 13.2 Å². The van der Waals surface area contributed by atoms with Crippen LogP contribution < -0.4 is 4.74 Å². The Hall–Kier alpha value is -3.39. The van der Waals surface area contributed by atoms with Gasteiger partial charge in [0.15, 0.2) is 17.9 Å². The number of aliphatic hydroxyl groups excluding tert-OH is 1. The number of rotatable bonds is 5. The van der Waals surface area contributed by atoms with E-state index in [1.807, 2.05) is 18.2 Å². The van der Waals surface area contributed by atoms with Gasteiger partial charge in [-0.05, 0) is 30.7 Å². The number of alkyl halides is 3. The first-order chi connectivity index (χ1) is 18.1. The second-order valence-electron chi connectivity index (χ2n) is 8.55. The molecule has 0 bridgehead atoms. The highest BCUT2D eigenvalue weighted by molar-refractivity contribution is 6.30. The third kappa shape index (κ3) is 5.27. The highest BCUT2D eigenvalue weighted by Crippen LogP contribution is 2.41. The van der Waals surface area contributed by atoms with Crippen molar-refractivity contribution >= 4 is 11.6 Å². The molecule has 3 aromatic rings. The van der Waals surface area contributed by atoms with Crippen molar-refractivity contribution in [2.45, 2.75) is 50.0 Å². The van der Waals surface area contributed by atoms with Gasteiger partial charge in [-0.1, -0.05) is 47.0 Å². The predicted molar refractivity (Wildman–Crippen MR) is 124 cm³/mol. The first-order valence-electron chi connectivity index (χ1n) is 11.3. The quantitative estimate of drug-likeness (QED) is 0.275. The number of halogens is 4. The smallest absolute Gasteiger partial charge is 0.403 e. The Kier molecular flexibility index (Phi) is 7.18. The van der Waals surface area contributed by atoms with E-state index in [2.05, 4.69) is 24.8 Å². The van der Waals surface area contributed by atoms with E-state index in [4.69, 9.17) is 25.8 Å². The zero-order valence-corrected chi connectivity index (χ0v) is 20.3. The van der Waals surface area contributed by atoms with Crippen LogP contribution in [-0.2, 0) is 14.2 Å². The maximum atomic E-state index is 13.1. The molecule has 1 N–H and O–H groups in total. The number of hydrogen-bond donors (Lipinski definition) is 1.